The lowest BCUT2D eigenvalue weighted by Gasteiger charge is -2.24. The second-order valence-corrected chi connectivity index (χ2v) is 7.44. The van der Waals surface area contributed by atoms with Crippen LogP contribution in [0.3, 0.4) is 0 Å². The number of hydrogen-bond donors (Lipinski definition) is 0. The molecule has 1 aromatic heterocycles. The number of hydrogen-bond acceptors (Lipinski definition) is 6. The van der Waals surface area contributed by atoms with Crippen LogP contribution >= 0.6 is 0 Å². The monoisotopic (exact) mass is 369 g/mol. The number of amides is 1. The number of aldehydes is 1. The molecule has 1 aliphatic rings. The maximum Gasteiger partial charge on any atom is 0.410 e. The van der Waals surface area contributed by atoms with E-state index in [1.807, 2.05) is 26.8 Å². The minimum atomic E-state index is -0.520. The van der Waals surface area contributed by atoms with E-state index in [-0.39, 0.29) is 12.2 Å². The van der Waals surface area contributed by atoms with Gasteiger partial charge in [-0.05, 0) is 26.8 Å². The van der Waals surface area contributed by atoms with Crippen LogP contribution in [0.25, 0.3) is 11.3 Å². The maximum atomic E-state index is 12.2. The number of benzene rings is 1. The molecule has 0 radical (unpaired) electrons. The molecule has 1 aromatic carbocycles. The van der Waals surface area contributed by atoms with Crippen LogP contribution in [0.15, 0.2) is 36.7 Å². The minimum Gasteiger partial charge on any atom is -0.472 e. The predicted octanol–water partition coefficient (Wildman–Crippen LogP) is 3.34. The van der Waals surface area contributed by atoms with Gasteiger partial charge in [0.1, 0.15) is 24.3 Å². The number of aromatic nitrogens is 2. The fraction of sp³-hybridized carbons (Fsp3) is 0.400. The van der Waals surface area contributed by atoms with E-state index >= 15 is 0 Å². The quantitative estimate of drug-likeness (QED) is 0.769. The van der Waals surface area contributed by atoms with Gasteiger partial charge in [0.2, 0.25) is 5.88 Å². The Bertz CT molecular complexity index is 832. The third-order valence-electron chi connectivity index (χ3n) is 4.04. The second-order valence-electron chi connectivity index (χ2n) is 7.44. The Hall–Kier alpha value is -2.96. The molecule has 1 unspecified atom stereocenters. The van der Waals surface area contributed by atoms with E-state index in [0.29, 0.717) is 36.6 Å². The summed E-state index contributed by atoms with van der Waals surface area (Å²) in [4.78, 5) is 33.2. The molecule has 0 bridgehead atoms. The Kier molecular flexibility index (Phi) is 5.39. The summed E-state index contributed by atoms with van der Waals surface area (Å²) >= 11 is 0. The lowest BCUT2D eigenvalue weighted by Crippen LogP contribution is -2.36. The summed E-state index contributed by atoms with van der Waals surface area (Å²) in [7, 11) is 0. The van der Waals surface area contributed by atoms with Crippen molar-refractivity contribution in [2.24, 2.45) is 0 Å². The topological polar surface area (TPSA) is 81.6 Å². The molecule has 7 heteroatoms. The van der Waals surface area contributed by atoms with Crippen molar-refractivity contribution in [3.63, 3.8) is 0 Å². The predicted molar refractivity (Wildman–Crippen MR) is 99.7 cm³/mol. The Labute approximate surface area is 158 Å². The highest BCUT2D eigenvalue weighted by Crippen LogP contribution is 2.23. The van der Waals surface area contributed by atoms with Crippen LogP contribution in [0.4, 0.5) is 4.79 Å². The van der Waals surface area contributed by atoms with E-state index in [1.165, 1.54) is 6.33 Å². The molecule has 1 amide bonds. The van der Waals surface area contributed by atoms with Crippen LogP contribution in [-0.4, -0.2) is 52.0 Å². The Morgan fingerprint density at radius 2 is 2.07 bits per heavy atom. The molecule has 1 atom stereocenters. The van der Waals surface area contributed by atoms with Crippen LogP contribution < -0.4 is 4.74 Å². The molecule has 3 rings (SSSR count). The average molecular weight is 369 g/mol. The smallest absolute Gasteiger partial charge is 0.410 e. The molecule has 7 nitrogen and oxygen atoms in total. The number of nitrogens with zero attached hydrogens (tertiary/aromatic N) is 3. The molecule has 2 aromatic rings. The first-order valence-corrected chi connectivity index (χ1v) is 8.86. The number of rotatable bonds is 4. The summed E-state index contributed by atoms with van der Waals surface area (Å²) in [6.45, 7) is 6.57. The summed E-state index contributed by atoms with van der Waals surface area (Å²) in [5, 5.41) is 0. The van der Waals surface area contributed by atoms with E-state index in [9.17, 15) is 9.59 Å². The third-order valence-corrected chi connectivity index (χ3v) is 4.04. The van der Waals surface area contributed by atoms with Crippen LogP contribution in [0.5, 0.6) is 5.88 Å². The van der Waals surface area contributed by atoms with Crippen molar-refractivity contribution in [1.29, 1.82) is 0 Å². The van der Waals surface area contributed by atoms with Crippen molar-refractivity contribution in [1.82, 2.24) is 14.9 Å². The first-order valence-electron chi connectivity index (χ1n) is 8.86. The summed E-state index contributed by atoms with van der Waals surface area (Å²) < 4.78 is 11.3. The molecule has 0 aliphatic carbocycles. The zero-order valence-corrected chi connectivity index (χ0v) is 15.7. The van der Waals surface area contributed by atoms with Crippen molar-refractivity contribution in [2.75, 3.05) is 13.1 Å². The molecule has 1 saturated heterocycles. The fourth-order valence-corrected chi connectivity index (χ4v) is 2.82. The fourth-order valence-electron chi connectivity index (χ4n) is 2.82. The Balaban J connectivity index is 1.65. The lowest BCUT2D eigenvalue weighted by atomic mass is 10.1. The molecule has 0 saturated carbocycles. The first kappa shape index (κ1) is 18.8. The number of ether oxygens (including phenoxy) is 2. The van der Waals surface area contributed by atoms with Crippen molar-refractivity contribution >= 4 is 12.4 Å². The van der Waals surface area contributed by atoms with Crippen molar-refractivity contribution < 1.29 is 19.1 Å². The molecular weight excluding hydrogens is 346 g/mol. The minimum absolute atomic E-state index is 0.151. The largest absolute Gasteiger partial charge is 0.472 e. The van der Waals surface area contributed by atoms with Crippen molar-refractivity contribution in [3.8, 4) is 17.1 Å². The van der Waals surface area contributed by atoms with Gasteiger partial charge in [-0.2, -0.15) is 0 Å². The summed E-state index contributed by atoms with van der Waals surface area (Å²) in [5.41, 5.74) is 1.55. The van der Waals surface area contributed by atoms with Crippen LogP contribution in [0.1, 0.15) is 37.6 Å². The molecule has 1 fully saturated rings. The van der Waals surface area contributed by atoms with Gasteiger partial charge < -0.3 is 14.4 Å². The maximum absolute atomic E-state index is 12.2. The van der Waals surface area contributed by atoms with Gasteiger partial charge in [-0.25, -0.2) is 14.8 Å². The van der Waals surface area contributed by atoms with Gasteiger partial charge in [0, 0.05) is 30.2 Å². The third kappa shape index (κ3) is 5.03. The number of carbonyl (C=O) groups excluding carboxylic acids is 2. The lowest BCUT2D eigenvalue weighted by molar-refractivity contribution is 0.0275. The van der Waals surface area contributed by atoms with E-state index in [1.54, 1.807) is 29.2 Å². The molecule has 27 heavy (non-hydrogen) atoms. The van der Waals surface area contributed by atoms with Gasteiger partial charge in [0.05, 0.1) is 12.2 Å². The van der Waals surface area contributed by atoms with Gasteiger partial charge in [-0.1, -0.05) is 18.2 Å². The Morgan fingerprint density at radius 1 is 1.26 bits per heavy atom. The number of likely N-dealkylation sites (tertiary alicyclic amines) is 1. The zero-order chi connectivity index (χ0) is 19.4. The normalized spacial score (nSPS) is 16.9. The zero-order valence-electron chi connectivity index (χ0n) is 15.7. The molecular formula is C20H23N3O4. The van der Waals surface area contributed by atoms with E-state index in [0.717, 1.165) is 11.8 Å². The van der Waals surface area contributed by atoms with Gasteiger partial charge in [-0.15, -0.1) is 0 Å². The van der Waals surface area contributed by atoms with Crippen LogP contribution in [0.2, 0.25) is 0 Å². The highest BCUT2D eigenvalue weighted by Gasteiger charge is 2.31. The average Bonchev–Trinajstić information content (AvgIpc) is 3.09. The van der Waals surface area contributed by atoms with E-state index < -0.39 is 5.60 Å². The van der Waals surface area contributed by atoms with Crippen molar-refractivity contribution in [3.05, 3.63) is 42.2 Å². The summed E-state index contributed by atoms with van der Waals surface area (Å²) in [5.74, 6) is 0.438. The highest BCUT2D eigenvalue weighted by molar-refractivity contribution is 5.78. The van der Waals surface area contributed by atoms with Crippen molar-refractivity contribution in [2.45, 2.75) is 38.9 Å². The van der Waals surface area contributed by atoms with E-state index in [2.05, 4.69) is 9.97 Å². The summed E-state index contributed by atoms with van der Waals surface area (Å²) in [6, 6.07) is 8.91. The van der Waals surface area contributed by atoms with E-state index in [4.69, 9.17) is 9.47 Å². The molecule has 1 aliphatic heterocycles. The van der Waals surface area contributed by atoms with Gasteiger partial charge in [0.25, 0.3) is 0 Å². The molecule has 2 heterocycles. The van der Waals surface area contributed by atoms with Gasteiger partial charge in [-0.3, -0.25) is 4.79 Å². The highest BCUT2D eigenvalue weighted by atomic mass is 16.6. The van der Waals surface area contributed by atoms with Crippen LogP contribution in [-0.2, 0) is 4.74 Å². The first-order chi connectivity index (χ1) is 12.8. The van der Waals surface area contributed by atoms with Gasteiger partial charge >= 0.3 is 6.09 Å². The summed E-state index contributed by atoms with van der Waals surface area (Å²) in [6.07, 6.45) is 2.45. The Morgan fingerprint density at radius 3 is 2.81 bits per heavy atom. The standard InChI is InChI=1S/C20H23N3O4/c1-20(2,3)27-19(25)23-8-7-16(11-23)26-18-10-17(21-13-22-18)15-6-4-5-14(9-15)12-24/h4-6,9-10,12-13,16H,7-8,11H2,1-3H3. The van der Waals surface area contributed by atoms with Crippen LogP contribution in [0, 0.1) is 0 Å². The number of carbonyl (C=O) groups is 2. The second kappa shape index (κ2) is 7.73. The van der Waals surface area contributed by atoms with Gasteiger partial charge in [0.15, 0.2) is 0 Å². The SMILES string of the molecule is CC(C)(C)OC(=O)N1CCC(Oc2cc(-c3cccc(C=O)c3)ncn2)C1. The molecule has 142 valence electrons. The molecule has 0 spiro atoms. The molecule has 0 N–H and O–H groups in total.